The summed E-state index contributed by atoms with van der Waals surface area (Å²) in [5.74, 6) is 0.252. The first-order chi connectivity index (χ1) is 12.2. The molecule has 1 aliphatic heterocycles. The van der Waals surface area contributed by atoms with Crippen molar-refractivity contribution in [2.24, 2.45) is 5.92 Å². The summed E-state index contributed by atoms with van der Waals surface area (Å²) in [6.07, 6.45) is 3.95. The van der Waals surface area contributed by atoms with E-state index in [9.17, 15) is 9.59 Å². The third kappa shape index (κ3) is 3.43. The van der Waals surface area contributed by atoms with E-state index in [1.165, 1.54) is 5.56 Å². The third-order valence-electron chi connectivity index (χ3n) is 5.02. The van der Waals surface area contributed by atoms with Gasteiger partial charge in [0.1, 0.15) is 0 Å². The van der Waals surface area contributed by atoms with Crippen LogP contribution in [-0.4, -0.2) is 23.3 Å². The van der Waals surface area contributed by atoms with Crippen molar-refractivity contribution in [1.82, 2.24) is 4.90 Å². The molecule has 0 aromatic heterocycles. The molecule has 0 bridgehead atoms. The van der Waals surface area contributed by atoms with Crippen molar-refractivity contribution in [2.75, 3.05) is 11.9 Å². The molecule has 1 saturated heterocycles. The lowest BCUT2D eigenvalue weighted by Crippen LogP contribution is -2.30. The monoisotopic (exact) mass is 334 g/mol. The summed E-state index contributed by atoms with van der Waals surface area (Å²) in [5, 5.41) is 2.92. The Hall–Kier alpha value is -2.62. The van der Waals surface area contributed by atoms with Crippen LogP contribution in [0, 0.1) is 5.92 Å². The van der Waals surface area contributed by atoms with Crippen LogP contribution in [0.4, 0.5) is 5.69 Å². The lowest BCUT2D eigenvalue weighted by Gasteiger charge is -2.25. The first kappa shape index (κ1) is 15.9. The normalized spacial score (nSPS) is 19.7. The van der Waals surface area contributed by atoms with E-state index >= 15 is 0 Å². The highest BCUT2D eigenvalue weighted by atomic mass is 16.2. The fourth-order valence-corrected chi connectivity index (χ4v) is 3.52. The zero-order chi connectivity index (χ0) is 17.2. The van der Waals surface area contributed by atoms with Gasteiger partial charge in [0.2, 0.25) is 5.91 Å². The van der Waals surface area contributed by atoms with Crippen molar-refractivity contribution in [3.05, 3.63) is 65.7 Å². The van der Waals surface area contributed by atoms with Gasteiger partial charge in [-0.2, -0.15) is 0 Å². The van der Waals surface area contributed by atoms with Gasteiger partial charge in [-0.15, -0.1) is 0 Å². The molecule has 2 amide bonds. The number of likely N-dealkylation sites (tertiary alicyclic amines) is 1. The van der Waals surface area contributed by atoms with E-state index in [1.54, 1.807) is 6.07 Å². The Morgan fingerprint density at radius 3 is 2.52 bits per heavy atom. The van der Waals surface area contributed by atoms with E-state index in [-0.39, 0.29) is 23.8 Å². The van der Waals surface area contributed by atoms with Crippen LogP contribution in [0.1, 0.15) is 47.6 Å². The standard InChI is InChI=1S/C21H22N2O2/c24-20(16-11-12-16)22-18-9-4-8-17(14-18)21(25)23-13-5-10-19(23)15-6-2-1-3-7-15/h1-4,6-9,14,16,19H,5,10-13H2,(H,22,24). The molecule has 4 heteroatoms. The zero-order valence-electron chi connectivity index (χ0n) is 14.2. The van der Waals surface area contributed by atoms with Crippen LogP contribution >= 0.6 is 0 Å². The van der Waals surface area contributed by atoms with Gasteiger partial charge in [-0.05, 0) is 49.4 Å². The van der Waals surface area contributed by atoms with Crippen LogP contribution < -0.4 is 5.32 Å². The average Bonchev–Trinajstić information content (AvgIpc) is 3.39. The molecule has 2 fully saturated rings. The van der Waals surface area contributed by atoms with Crippen molar-refractivity contribution in [3.8, 4) is 0 Å². The Morgan fingerprint density at radius 2 is 1.76 bits per heavy atom. The third-order valence-corrected chi connectivity index (χ3v) is 5.02. The van der Waals surface area contributed by atoms with Gasteiger partial charge < -0.3 is 10.2 Å². The van der Waals surface area contributed by atoms with Crippen LogP contribution in [0.25, 0.3) is 0 Å². The summed E-state index contributed by atoms with van der Waals surface area (Å²) >= 11 is 0. The van der Waals surface area contributed by atoms with Crippen molar-refractivity contribution < 1.29 is 9.59 Å². The summed E-state index contributed by atoms with van der Waals surface area (Å²) in [7, 11) is 0. The first-order valence-electron chi connectivity index (χ1n) is 8.99. The molecular weight excluding hydrogens is 312 g/mol. The molecule has 4 nitrogen and oxygen atoms in total. The molecular formula is C21H22N2O2. The minimum absolute atomic E-state index is 0.0360. The largest absolute Gasteiger partial charge is 0.332 e. The molecule has 128 valence electrons. The van der Waals surface area contributed by atoms with Gasteiger partial charge in [0.05, 0.1) is 6.04 Å². The smallest absolute Gasteiger partial charge is 0.254 e. The Balaban J connectivity index is 1.52. The van der Waals surface area contributed by atoms with Crippen molar-refractivity contribution >= 4 is 17.5 Å². The number of hydrogen-bond acceptors (Lipinski definition) is 2. The number of carbonyl (C=O) groups excluding carboxylic acids is 2. The molecule has 1 aliphatic carbocycles. The SMILES string of the molecule is O=C(Nc1cccc(C(=O)N2CCCC2c2ccccc2)c1)C1CC1. The minimum atomic E-state index is 0.0360. The minimum Gasteiger partial charge on any atom is -0.332 e. The summed E-state index contributed by atoms with van der Waals surface area (Å²) in [6.45, 7) is 0.775. The predicted octanol–water partition coefficient (Wildman–Crippen LogP) is 4.01. The molecule has 1 N–H and O–H groups in total. The molecule has 2 aromatic carbocycles. The van der Waals surface area contributed by atoms with Crippen molar-refractivity contribution in [2.45, 2.75) is 31.7 Å². The quantitative estimate of drug-likeness (QED) is 0.918. The lowest BCUT2D eigenvalue weighted by molar-refractivity contribution is -0.117. The fraction of sp³-hybridized carbons (Fsp3) is 0.333. The maximum atomic E-state index is 13.0. The highest BCUT2D eigenvalue weighted by molar-refractivity contribution is 5.98. The Morgan fingerprint density at radius 1 is 0.960 bits per heavy atom. The van der Waals surface area contributed by atoms with Gasteiger partial charge in [-0.3, -0.25) is 9.59 Å². The molecule has 2 aromatic rings. The van der Waals surface area contributed by atoms with Gasteiger partial charge in [-0.25, -0.2) is 0 Å². The van der Waals surface area contributed by atoms with Crippen molar-refractivity contribution in [3.63, 3.8) is 0 Å². The highest BCUT2D eigenvalue weighted by Crippen LogP contribution is 2.33. The number of carbonyl (C=O) groups is 2. The molecule has 1 unspecified atom stereocenters. The Labute approximate surface area is 147 Å². The zero-order valence-corrected chi connectivity index (χ0v) is 14.2. The maximum absolute atomic E-state index is 13.0. The first-order valence-corrected chi connectivity index (χ1v) is 8.99. The average molecular weight is 334 g/mol. The predicted molar refractivity (Wildman–Crippen MR) is 97.2 cm³/mol. The van der Waals surface area contributed by atoms with E-state index in [0.29, 0.717) is 11.3 Å². The number of amides is 2. The van der Waals surface area contributed by atoms with Gasteiger partial charge in [0.25, 0.3) is 5.91 Å². The molecule has 2 aliphatic rings. The van der Waals surface area contributed by atoms with Crippen LogP contribution in [0.15, 0.2) is 54.6 Å². The molecule has 0 radical (unpaired) electrons. The second-order valence-corrected chi connectivity index (χ2v) is 6.91. The molecule has 25 heavy (non-hydrogen) atoms. The highest BCUT2D eigenvalue weighted by Gasteiger charge is 2.31. The summed E-state index contributed by atoms with van der Waals surface area (Å²) in [5.41, 5.74) is 2.53. The summed E-state index contributed by atoms with van der Waals surface area (Å²) in [4.78, 5) is 26.9. The van der Waals surface area contributed by atoms with E-state index in [4.69, 9.17) is 0 Å². The molecule has 1 saturated carbocycles. The Bertz CT molecular complexity index is 783. The summed E-state index contributed by atoms with van der Waals surface area (Å²) in [6, 6.07) is 17.6. The van der Waals surface area contributed by atoms with Crippen LogP contribution in [0.5, 0.6) is 0 Å². The van der Waals surface area contributed by atoms with E-state index in [2.05, 4.69) is 17.4 Å². The fourth-order valence-electron chi connectivity index (χ4n) is 3.52. The van der Waals surface area contributed by atoms with Crippen LogP contribution in [-0.2, 0) is 4.79 Å². The summed E-state index contributed by atoms with van der Waals surface area (Å²) < 4.78 is 0. The van der Waals surface area contributed by atoms with Gasteiger partial charge in [0, 0.05) is 23.7 Å². The van der Waals surface area contributed by atoms with Gasteiger partial charge in [-0.1, -0.05) is 36.4 Å². The van der Waals surface area contributed by atoms with Gasteiger partial charge in [0.15, 0.2) is 0 Å². The van der Waals surface area contributed by atoms with Crippen molar-refractivity contribution in [1.29, 1.82) is 0 Å². The van der Waals surface area contributed by atoms with E-state index in [0.717, 1.165) is 32.2 Å². The molecule has 4 rings (SSSR count). The molecule has 0 spiro atoms. The molecule has 1 heterocycles. The maximum Gasteiger partial charge on any atom is 0.254 e. The Kier molecular flexibility index (Phi) is 4.26. The molecule has 1 atom stereocenters. The number of rotatable bonds is 4. The number of benzene rings is 2. The van der Waals surface area contributed by atoms with Gasteiger partial charge >= 0.3 is 0 Å². The van der Waals surface area contributed by atoms with E-state index < -0.39 is 0 Å². The topological polar surface area (TPSA) is 49.4 Å². The second kappa shape index (κ2) is 6.71. The number of hydrogen-bond donors (Lipinski definition) is 1. The number of nitrogens with one attached hydrogen (secondary N) is 1. The lowest BCUT2D eigenvalue weighted by atomic mass is 10.0. The van der Waals surface area contributed by atoms with Crippen LogP contribution in [0.2, 0.25) is 0 Å². The van der Waals surface area contributed by atoms with Crippen LogP contribution in [0.3, 0.4) is 0 Å². The van der Waals surface area contributed by atoms with E-state index in [1.807, 2.05) is 41.3 Å². The number of anilines is 1. The second-order valence-electron chi connectivity index (χ2n) is 6.91. The number of nitrogens with zero attached hydrogens (tertiary/aromatic N) is 1.